The van der Waals surface area contributed by atoms with E-state index in [9.17, 15) is 10.1 Å². The average Bonchev–Trinajstić information content (AvgIpc) is 3.21. The number of hydrogen-bond donors (Lipinski definition) is 0. The van der Waals surface area contributed by atoms with Crippen molar-refractivity contribution >= 4 is 23.2 Å². The van der Waals surface area contributed by atoms with Crippen LogP contribution in [0.3, 0.4) is 0 Å². The number of nitro benzene ring substituents is 1. The van der Waals surface area contributed by atoms with Gasteiger partial charge in [-0.05, 0) is 12.1 Å². The Morgan fingerprint density at radius 1 is 1.16 bits per heavy atom. The zero-order valence-electron chi connectivity index (χ0n) is 17.8. The summed E-state index contributed by atoms with van der Waals surface area (Å²) in [4.78, 5) is 11.3. The standard InChI is InChI=1S/C22H22N4O5S/c1-5-9-25-18(16-7-6-8-17(12-16)26(27)28)14-32-22(25)24-23-13-15-10-19(29-2)21(31-4)20(11-15)30-3/h5-8,10-14H,1,9H2,2-4H3/b23-13-,24-22-. The first-order chi connectivity index (χ1) is 15.5. The molecular formula is C22H22N4O5S. The average molecular weight is 455 g/mol. The third-order valence-corrected chi connectivity index (χ3v) is 5.35. The summed E-state index contributed by atoms with van der Waals surface area (Å²) in [5.41, 5.74) is 2.25. The van der Waals surface area contributed by atoms with Crippen LogP contribution in [0.5, 0.6) is 17.2 Å². The van der Waals surface area contributed by atoms with E-state index in [1.807, 2.05) is 16.0 Å². The summed E-state index contributed by atoms with van der Waals surface area (Å²) in [7, 11) is 4.63. The Balaban J connectivity index is 2.00. The molecule has 0 spiro atoms. The monoisotopic (exact) mass is 454 g/mol. The second kappa shape index (κ2) is 10.4. The van der Waals surface area contributed by atoms with E-state index < -0.39 is 4.92 Å². The lowest BCUT2D eigenvalue weighted by molar-refractivity contribution is -0.384. The van der Waals surface area contributed by atoms with Crippen LogP contribution in [0.15, 0.2) is 64.6 Å². The van der Waals surface area contributed by atoms with Crippen LogP contribution in [0.4, 0.5) is 5.69 Å². The summed E-state index contributed by atoms with van der Waals surface area (Å²) < 4.78 is 17.9. The topological polar surface area (TPSA) is 100 Å². The van der Waals surface area contributed by atoms with Crippen LogP contribution in [0, 0.1) is 10.1 Å². The number of thiazole rings is 1. The van der Waals surface area contributed by atoms with E-state index in [1.54, 1.807) is 44.7 Å². The van der Waals surface area contributed by atoms with Gasteiger partial charge >= 0.3 is 0 Å². The van der Waals surface area contributed by atoms with Crippen molar-refractivity contribution in [1.82, 2.24) is 4.57 Å². The van der Waals surface area contributed by atoms with Gasteiger partial charge in [-0.15, -0.1) is 23.0 Å². The Bertz CT molecular complexity index is 1200. The highest BCUT2D eigenvalue weighted by Crippen LogP contribution is 2.37. The SMILES string of the molecule is C=CCn1c(-c2cccc([N+](=O)[O-])c2)cs/c1=N\N=C/c1cc(OC)c(OC)c(OC)c1. The molecule has 9 nitrogen and oxygen atoms in total. The molecule has 0 saturated heterocycles. The molecule has 0 fully saturated rings. The van der Waals surface area contributed by atoms with Crippen LogP contribution in [0.1, 0.15) is 5.56 Å². The van der Waals surface area contributed by atoms with Crippen molar-refractivity contribution in [3.63, 3.8) is 0 Å². The van der Waals surface area contributed by atoms with Crippen LogP contribution >= 0.6 is 11.3 Å². The van der Waals surface area contributed by atoms with Crippen LogP contribution in [0.25, 0.3) is 11.3 Å². The molecule has 1 heterocycles. The molecule has 0 saturated carbocycles. The number of benzene rings is 2. The largest absolute Gasteiger partial charge is 0.493 e. The van der Waals surface area contributed by atoms with Crippen molar-refractivity contribution < 1.29 is 19.1 Å². The van der Waals surface area contributed by atoms with E-state index >= 15 is 0 Å². The van der Waals surface area contributed by atoms with Crippen molar-refractivity contribution in [3.8, 4) is 28.5 Å². The number of ether oxygens (including phenoxy) is 3. The fourth-order valence-electron chi connectivity index (χ4n) is 3.05. The van der Waals surface area contributed by atoms with Crippen molar-refractivity contribution in [2.75, 3.05) is 21.3 Å². The molecule has 0 N–H and O–H groups in total. The number of hydrogen-bond acceptors (Lipinski definition) is 8. The van der Waals surface area contributed by atoms with Gasteiger partial charge in [0.1, 0.15) is 0 Å². The zero-order chi connectivity index (χ0) is 23.1. The maximum Gasteiger partial charge on any atom is 0.270 e. The van der Waals surface area contributed by atoms with E-state index in [-0.39, 0.29) is 5.69 Å². The molecule has 3 aromatic rings. The molecule has 1 aromatic heterocycles. The Morgan fingerprint density at radius 3 is 2.47 bits per heavy atom. The lowest BCUT2D eigenvalue weighted by atomic mass is 10.1. The summed E-state index contributed by atoms with van der Waals surface area (Å²) in [6, 6.07) is 9.99. The molecule has 0 amide bonds. The first-order valence-electron chi connectivity index (χ1n) is 9.43. The molecule has 32 heavy (non-hydrogen) atoms. The van der Waals surface area contributed by atoms with Gasteiger partial charge in [-0.1, -0.05) is 18.2 Å². The zero-order valence-corrected chi connectivity index (χ0v) is 18.7. The predicted octanol–water partition coefficient (Wildman–Crippen LogP) is 4.27. The Labute approximate surface area is 188 Å². The van der Waals surface area contributed by atoms with Crippen LogP contribution in [-0.2, 0) is 6.54 Å². The number of allylic oxidation sites excluding steroid dienone is 1. The second-order valence-electron chi connectivity index (χ2n) is 6.41. The van der Waals surface area contributed by atoms with Gasteiger partial charge in [0.2, 0.25) is 10.6 Å². The van der Waals surface area contributed by atoms with E-state index in [2.05, 4.69) is 16.8 Å². The minimum Gasteiger partial charge on any atom is -0.493 e. The number of nitro groups is 1. The van der Waals surface area contributed by atoms with Gasteiger partial charge in [0.15, 0.2) is 11.5 Å². The third kappa shape index (κ3) is 4.86. The number of non-ortho nitro benzene ring substituents is 1. The molecule has 0 unspecified atom stereocenters. The Kier molecular flexibility index (Phi) is 7.40. The van der Waals surface area contributed by atoms with Crippen molar-refractivity contribution in [2.24, 2.45) is 10.2 Å². The van der Waals surface area contributed by atoms with Gasteiger partial charge in [-0.2, -0.15) is 5.10 Å². The van der Waals surface area contributed by atoms with Gasteiger partial charge in [0.05, 0.1) is 38.2 Å². The molecule has 3 rings (SSSR count). The summed E-state index contributed by atoms with van der Waals surface area (Å²) in [5, 5.41) is 21.6. The van der Waals surface area contributed by atoms with Gasteiger partial charge < -0.3 is 18.8 Å². The number of methoxy groups -OCH3 is 3. The fourth-order valence-corrected chi connectivity index (χ4v) is 3.92. The van der Waals surface area contributed by atoms with Crippen molar-refractivity contribution in [3.05, 3.63) is 74.9 Å². The van der Waals surface area contributed by atoms with E-state index in [0.717, 1.165) is 5.69 Å². The molecule has 10 heteroatoms. The first kappa shape index (κ1) is 22.8. The van der Waals surface area contributed by atoms with Gasteiger partial charge in [0.25, 0.3) is 5.69 Å². The smallest absolute Gasteiger partial charge is 0.270 e. The van der Waals surface area contributed by atoms with Crippen molar-refractivity contribution in [2.45, 2.75) is 6.54 Å². The fraction of sp³-hybridized carbons (Fsp3) is 0.182. The van der Waals surface area contributed by atoms with Gasteiger partial charge in [-0.25, -0.2) is 0 Å². The molecule has 0 atom stereocenters. The molecule has 2 aromatic carbocycles. The number of aromatic nitrogens is 1. The Hall–Kier alpha value is -3.92. The number of rotatable bonds is 9. The summed E-state index contributed by atoms with van der Waals surface area (Å²) in [5.74, 6) is 1.52. The predicted molar refractivity (Wildman–Crippen MR) is 124 cm³/mol. The van der Waals surface area contributed by atoms with Gasteiger partial charge in [-0.3, -0.25) is 10.1 Å². The highest BCUT2D eigenvalue weighted by Gasteiger charge is 2.13. The first-order valence-corrected chi connectivity index (χ1v) is 10.3. The molecule has 0 radical (unpaired) electrons. The third-order valence-electron chi connectivity index (χ3n) is 4.50. The summed E-state index contributed by atoms with van der Waals surface area (Å²) >= 11 is 1.38. The molecule has 0 aliphatic heterocycles. The van der Waals surface area contributed by atoms with Crippen LogP contribution in [-0.4, -0.2) is 37.0 Å². The maximum atomic E-state index is 11.1. The van der Waals surface area contributed by atoms with Crippen LogP contribution in [0.2, 0.25) is 0 Å². The normalized spacial score (nSPS) is 11.5. The molecule has 0 aliphatic rings. The quantitative estimate of drug-likeness (QED) is 0.208. The molecule has 166 valence electrons. The molecule has 0 aliphatic carbocycles. The highest BCUT2D eigenvalue weighted by atomic mass is 32.1. The lowest BCUT2D eigenvalue weighted by Crippen LogP contribution is -2.14. The minimum absolute atomic E-state index is 0.0257. The minimum atomic E-state index is -0.416. The van der Waals surface area contributed by atoms with Crippen molar-refractivity contribution in [1.29, 1.82) is 0 Å². The maximum absolute atomic E-state index is 11.1. The Morgan fingerprint density at radius 2 is 1.88 bits per heavy atom. The molecular weight excluding hydrogens is 432 g/mol. The molecule has 0 bridgehead atoms. The van der Waals surface area contributed by atoms with E-state index in [1.165, 1.54) is 30.6 Å². The van der Waals surface area contributed by atoms with Gasteiger partial charge in [0, 0.05) is 35.2 Å². The number of nitrogens with zero attached hydrogens (tertiary/aromatic N) is 4. The summed E-state index contributed by atoms with van der Waals surface area (Å²) in [6.45, 7) is 4.27. The second-order valence-corrected chi connectivity index (χ2v) is 7.25. The highest BCUT2D eigenvalue weighted by molar-refractivity contribution is 7.07. The van der Waals surface area contributed by atoms with Crippen LogP contribution < -0.4 is 19.0 Å². The lowest BCUT2D eigenvalue weighted by Gasteiger charge is -2.12. The summed E-state index contributed by atoms with van der Waals surface area (Å²) in [6.07, 6.45) is 3.31. The van der Waals surface area contributed by atoms with E-state index in [4.69, 9.17) is 14.2 Å². The van der Waals surface area contributed by atoms with E-state index in [0.29, 0.717) is 39.7 Å².